The molecule has 1 amide bonds. The minimum Gasteiger partial charge on any atom is -0.382 e. The van der Waals surface area contributed by atoms with Crippen molar-refractivity contribution in [1.29, 1.82) is 0 Å². The number of anilines is 1. The van der Waals surface area contributed by atoms with Gasteiger partial charge >= 0.3 is 6.18 Å². The Balaban J connectivity index is 1.15. The molecule has 8 rings (SSSR count). The van der Waals surface area contributed by atoms with Crippen LogP contribution in [-0.2, 0) is 15.8 Å². The van der Waals surface area contributed by atoms with Gasteiger partial charge in [-0.2, -0.15) is 23.1 Å². The number of amides is 1. The third kappa shape index (κ3) is 5.01. The topological polar surface area (TPSA) is 139 Å². The molecule has 5 fully saturated rings. The fourth-order valence-corrected chi connectivity index (χ4v) is 7.19. The van der Waals surface area contributed by atoms with Crippen molar-refractivity contribution in [3.63, 3.8) is 0 Å². The molecule has 2 heterocycles. The first-order valence-electron chi connectivity index (χ1n) is 15.3. The van der Waals surface area contributed by atoms with Gasteiger partial charge in [-0.1, -0.05) is 16.4 Å². The fourth-order valence-electron chi connectivity index (χ4n) is 7.19. The number of hydrogen-bond donors (Lipinski definition) is 2. The Morgan fingerprint density at radius 2 is 1.70 bits per heavy atom. The number of fused-ring (bicyclic) bond motifs is 3. The van der Waals surface area contributed by atoms with Crippen molar-refractivity contribution in [3.8, 4) is 11.5 Å². The number of carbonyl (C=O) groups excluding carboxylic acids is 1. The molecule has 5 saturated carbocycles. The molecule has 0 saturated heterocycles. The van der Waals surface area contributed by atoms with Gasteiger partial charge in [0.05, 0.1) is 0 Å². The lowest BCUT2D eigenvalue weighted by molar-refractivity contribution is -0.295. The number of alkyl halides is 3. The van der Waals surface area contributed by atoms with Crippen molar-refractivity contribution >= 4 is 11.6 Å². The number of carbonyl (C=O) groups is 1. The Labute approximate surface area is 252 Å². The molecule has 1 aromatic carbocycles. The number of hydrogen-bond acceptors (Lipinski definition) is 9. The fraction of sp³-hybridized carbons (Fsp3) is 0.645. The van der Waals surface area contributed by atoms with E-state index in [0.29, 0.717) is 29.6 Å². The SMILES string of the molecule is CC(C)(O)c1noc(-c2cccc(N(CC34CCC(c5nc(C6CC6)no5)(CC3)CC4)C(=O)[C@H]3C[C@](O)(C(F)(F)F)C3)c2)n1. The minimum atomic E-state index is -4.80. The van der Waals surface area contributed by atoms with E-state index in [1.54, 1.807) is 29.2 Å². The number of rotatable bonds is 8. The Morgan fingerprint density at radius 3 is 2.30 bits per heavy atom. The van der Waals surface area contributed by atoms with Gasteiger partial charge in [0, 0.05) is 35.0 Å². The van der Waals surface area contributed by atoms with Gasteiger partial charge in [-0.25, -0.2) is 0 Å². The van der Waals surface area contributed by atoms with Crippen LogP contribution in [0.4, 0.5) is 18.9 Å². The highest BCUT2D eigenvalue weighted by atomic mass is 19.4. The Morgan fingerprint density at radius 1 is 1.02 bits per heavy atom. The molecular weight excluding hydrogens is 579 g/mol. The zero-order chi connectivity index (χ0) is 31.1. The Bertz CT molecular complexity index is 1540. The highest BCUT2D eigenvalue weighted by Gasteiger charge is 2.63. The van der Waals surface area contributed by atoms with Crippen LogP contribution in [0.1, 0.15) is 102 Å². The van der Waals surface area contributed by atoms with E-state index in [1.165, 1.54) is 13.8 Å². The highest BCUT2D eigenvalue weighted by Crippen LogP contribution is 2.58. The maximum absolute atomic E-state index is 14.0. The van der Waals surface area contributed by atoms with E-state index in [0.717, 1.165) is 57.2 Å². The predicted molar refractivity (Wildman–Crippen MR) is 149 cm³/mol. The second-order valence-electron chi connectivity index (χ2n) is 14.1. The lowest BCUT2D eigenvalue weighted by Gasteiger charge is -2.53. The molecule has 0 unspecified atom stereocenters. The molecule has 0 atom stereocenters. The van der Waals surface area contributed by atoms with Gasteiger partial charge in [0.25, 0.3) is 5.89 Å². The van der Waals surface area contributed by atoms with Crippen LogP contribution in [-0.4, -0.2) is 54.7 Å². The zero-order valence-electron chi connectivity index (χ0n) is 24.7. The van der Waals surface area contributed by atoms with Crippen LogP contribution in [0.3, 0.4) is 0 Å². The van der Waals surface area contributed by atoms with Crippen LogP contribution in [0.15, 0.2) is 33.3 Å². The monoisotopic (exact) mass is 615 g/mol. The van der Waals surface area contributed by atoms with Crippen molar-refractivity contribution in [2.75, 3.05) is 11.4 Å². The van der Waals surface area contributed by atoms with E-state index in [-0.39, 0.29) is 22.5 Å². The first kappa shape index (κ1) is 29.4. The number of benzene rings is 1. The van der Waals surface area contributed by atoms with Gasteiger partial charge in [-0.15, -0.1) is 0 Å². The third-order valence-electron chi connectivity index (χ3n) is 10.4. The molecule has 2 N–H and O–H groups in total. The van der Waals surface area contributed by atoms with Gasteiger partial charge in [0.1, 0.15) is 5.60 Å². The molecule has 0 aliphatic heterocycles. The second kappa shape index (κ2) is 9.84. The van der Waals surface area contributed by atoms with E-state index in [2.05, 4.69) is 15.3 Å². The van der Waals surface area contributed by atoms with E-state index >= 15 is 0 Å². The minimum absolute atomic E-state index is 0.101. The number of nitrogens with zero attached hydrogens (tertiary/aromatic N) is 5. The summed E-state index contributed by atoms with van der Waals surface area (Å²) in [6, 6.07) is 6.91. The van der Waals surface area contributed by atoms with E-state index in [9.17, 15) is 28.2 Å². The van der Waals surface area contributed by atoms with E-state index < -0.39 is 42.0 Å². The molecule has 2 aromatic heterocycles. The van der Waals surface area contributed by atoms with Crippen molar-refractivity contribution in [3.05, 3.63) is 41.8 Å². The maximum atomic E-state index is 14.0. The summed E-state index contributed by atoms with van der Waals surface area (Å²) in [5.74, 6) is 0.751. The second-order valence-corrected chi connectivity index (χ2v) is 14.1. The van der Waals surface area contributed by atoms with Crippen LogP contribution in [0.5, 0.6) is 0 Å². The standard InChI is InChI=1S/C31H36F3N5O5/c1-27(2,41)25-36-23(43-38-25)19-4-3-5-21(14-19)39(24(40)20-15-30(42,16-20)31(32,33)34)17-28-8-11-29(12-9-28,13-10-28)26-35-22(37-44-26)18-6-7-18/h3-5,14,18,20,41-42H,6-13,15-17H2,1-2H3/t20-,28?,29?,30+. The van der Waals surface area contributed by atoms with Crippen molar-refractivity contribution in [2.45, 2.75) is 107 Å². The summed E-state index contributed by atoms with van der Waals surface area (Å²) in [7, 11) is 0. The van der Waals surface area contributed by atoms with Gasteiger partial charge < -0.3 is 24.2 Å². The van der Waals surface area contributed by atoms with Gasteiger partial charge in [0.2, 0.25) is 17.6 Å². The summed E-state index contributed by atoms with van der Waals surface area (Å²) in [6.07, 6.45) is 0.993. The van der Waals surface area contributed by atoms with Crippen LogP contribution < -0.4 is 4.90 Å². The zero-order valence-corrected chi connectivity index (χ0v) is 24.7. The van der Waals surface area contributed by atoms with Crippen LogP contribution in [0.25, 0.3) is 11.5 Å². The van der Waals surface area contributed by atoms with Crippen LogP contribution in [0.2, 0.25) is 0 Å². The largest absolute Gasteiger partial charge is 0.417 e. The van der Waals surface area contributed by atoms with Crippen LogP contribution >= 0.6 is 0 Å². The Kier molecular flexibility index (Phi) is 6.57. The highest BCUT2D eigenvalue weighted by molar-refractivity contribution is 5.96. The average molecular weight is 616 g/mol. The molecule has 0 spiro atoms. The summed E-state index contributed by atoms with van der Waals surface area (Å²) in [5, 5.41) is 28.5. The molecule has 44 heavy (non-hydrogen) atoms. The maximum Gasteiger partial charge on any atom is 0.417 e. The van der Waals surface area contributed by atoms with E-state index in [4.69, 9.17) is 14.0 Å². The number of aromatic nitrogens is 4. The average Bonchev–Trinajstić information content (AvgIpc) is 3.46. The van der Waals surface area contributed by atoms with Crippen LogP contribution in [0, 0.1) is 11.3 Å². The number of aliphatic hydroxyl groups is 2. The van der Waals surface area contributed by atoms with Crippen molar-refractivity contribution < 1.29 is 37.2 Å². The van der Waals surface area contributed by atoms with Gasteiger partial charge in [0.15, 0.2) is 11.4 Å². The summed E-state index contributed by atoms with van der Waals surface area (Å²) in [5.41, 5.74) is -3.57. The molecule has 5 aliphatic rings. The molecular formula is C31H36F3N5O5. The van der Waals surface area contributed by atoms with Crippen molar-refractivity contribution in [2.24, 2.45) is 11.3 Å². The van der Waals surface area contributed by atoms with Gasteiger partial charge in [-0.3, -0.25) is 4.79 Å². The smallest absolute Gasteiger partial charge is 0.382 e. The molecule has 10 nitrogen and oxygen atoms in total. The third-order valence-corrected chi connectivity index (χ3v) is 10.4. The lowest BCUT2D eigenvalue weighted by Crippen LogP contribution is -2.60. The first-order chi connectivity index (χ1) is 20.7. The number of halogens is 3. The molecule has 236 valence electrons. The molecule has 0 radical (unpaired) electrons. The summed E-state index contributed by atoms with van der Waals surface area (Å²) < 4.78 is 51.5. The molecule has 2 bridgehead atoms. The van der Waals surface area contributed by atoms with Crippen molar-refractivity contribution in [1.82, 2.24) is 20.3 Å². The quantitative estimate of drug-likeness (QED) is 0.334. The summed E-state index contributed by atoms with van der Waals surface area (Å²) in [6.45, 7) is 3.40. The van der Waals surface area contributed by atoms with E-state index in [1.807, 2.05) is 0 Å². The molecule has 3 aromatic rings. The molecule has 5 aliphatic carbocycles. The molecule has 13 heteroatoms. The van der Waals surface area contributed by atoms with Gasteiger partial charge in [-0.05, 0) is 102 Å². The summed E-state index contributed by atoms with van der Waals surface area (Å²) >= 11 is 0. The summed E-state index contributed by atoms with van der Waals surface area (Å²) in [4.78, 5) is 24.6. The normalized spacial score (nSPS) is 30.3. The Hall–Kier alpha value is -3.32. The first-order valence-corrected chi connectivity index (χ1v) is 15.3. The predicted octanol–water partition coefficient (Wildman–Crippen LogP) is 5.55. The lowest BCUT2D eigenvalue weighted by atomic mass is 9.53.